The molecule has 1 unspecified atom stereocenters. The number of carbonyl (C=O) groups excluding carboxylic acids is 1. The quantitative estimate of drug-likeness (QED) is 0.876. The van der Waals surface area contributed by atoms with Gasteiger partial charge in [0.1, 0.15) is 11.5 Å². The minimum Gasteiger partial charge on any atom is -0.365 e. The summed E-state index contributed by atoms with van der Waals surface area (Å²) in [4.78, 5) is 20.2. The highest BCUT2D eigenvalue weighted by atomic mass is 32.2. The third-order valence-electron chi connectivity index (χ3n) is 3.50. The van der Waals surface area contributed by atoms with Gasteiger partial charge in [0.15, 0.2) is 9.84 Å². The van der Waals surface area contributed by atoms with E-state index < -0.39 is 9.84 Å². The van der Waals surface area contributed by atoms with Gasteiger partial charge in [-0.15, -0.1) is 0 Å². The largest absolute Gasteiger partial charge is 0.365 e. The highest BCUT2D eigenvalue weighted by Gasteiger charge is 2.27. The van der Waals surface area contributed by atoms with Crippen LogP contribution in [-0.2, 0) is 9.84 Å². The fourth-order valence-corrected chi connectivity index (χ4v) is 4.03. The summed E-state index contributed by atoms with van der Waals surface area (Å²) in [7, 11) is -2.95. The molecule has 1 aromatic carbocycles. The molecule has 1 aromatic heterocycles. The third-order valence-corrected chi connectivity index (χ3v) is 5.27. The molecule has 2 aromatic rings. The van der Waals surface area contributed by atoms with E-state index in [1.54, 1.807) is 12.1 Å². The maximum absolute atomic E-state index is 12.0. The topological polar surface area (TPSA) is 101 Å². The normalized spacial score (nSPS) is 19.2. The second-order valence-corrected chi connectivity index (χ2v) is 7.58. The van der Waals surface area contributed by atoms with E-state index in [0.717, 1.165) is 0 Å². The molecule has 2 heterocycles. The molecule has 3 rings (SSSR count). The van der Waals surface area contributed by atoms with Gasteiger partial charge in [-0.3, -0.25) is 4.79 Å². The minimum atomic E-state index is -2.95. The van der Waals surface area contributed by atoms with E-state index in [4.69, 9.17) is 0 Å². The molecule has 23 heavy (non-hydrogen) atoms. The first-order valence-corrected chi connectivity index (χ1v) is 8.99. The van der Waals surface area contributed by atoms with Gasteiger partial charge >= 0.3 is 0 Å². The Morgan fingerprint density at radius 2 is 1.91 bits per heavy atom. The number of hydrogen-bond donors (Lipinski definition) is 2. The Kier molecular flexibility index (Phi) is 4.24. The second kappa shape index (κ2) is 6.33. The summed E-state index contributed by atoms with van der Waals surface area (Å²) in [6, 6.07) is 8.91. The number of carbonyl (C=O) groups is 1. The summed E-state index contributed by atoms with van der Waals surface area (Å²) in [5.74, 6) is 0.405. The van der Waals surface area contributed by atoms with Crippen molar-refractivity contribution in [2.24, 2.45) is 0 Å². The van der Waals surface area contributed by atoms with Gasteiger partial charge in [0.2, 0.25) is 0 Å². The fraction of sp³-hybridized carbons (Fsp3) is 0.267. The number of benzene rings is 1. The summed E-state index contributed by atoms with van der Waals surface area (Å²) in [5, 5.41) is 5.75. The van der Waals surface area contributed by atoms with Crippen LogP contribution in [0.15, 0.2) is 42.7 Å². The van der Waals surface area contributed by atoms with Crippen molar-refractivity contribution >= 4 is 27.2 Å². The molecule has 0 radical (unpaired) electrons. The van der Waals surface area contributed by atoms with Gasteiger partial charge < -0.3 is 10.6 Å². The molecule has 8 heteroatoms. The number of sulfone groups is 1. The molecule has 0 saturated carbocycles. The summed E-state index contributed by atoms with van der Waals surface area (Å²) < 4.78 is 22.8. The number of hydrogen-bond acceptors (Lipinski definition) is 6. The zero-order valence-electron chi connectivity index (χ0n) is 12.3. The average molecular weight is 332 g/mol. The van der Waals surface area contributed by atoms with Crippen molar-refractivity contribution < 1.29 is 13.2 Å². The van der Waals surface area contributed by atoms with Gasteiger partial charge in [0, 0.05) is 11.7 Å². The van der Waals surface area contributed by atoms with Crippen molar-refractivity contribution in [1.82, 2.24) is 9.97 Å². The van der Waals surface area contributed by atoms with Crippen LogP contribution in [0.1, 0.15) is 16.9 Å². The molecule has 1 aliphatic heterocycles. The van der Waals surface area contributed by atoms with E-state index in [1.807, 2.05) is 18.2 Å². The average Bonchev–Trinajstić information content (AvgIpc) is 2.88. The van der Waals surface area contributed by atoms with Crippen molar-refractivity contribution in [1.29, 1.82) is 0 Å². The molecule has 120 valence electrons. The fourth-order valence-electron chi connectivity index (χ4n) is 2.35. The number of nitrogens with one attached hydrogen (secondary N) is 2. The molecule has 2 N–H and O–H groups in total. The monoisotopic (exact) mass is 332 g/mol. The number of rotatable bonds is 4. The van der Waals surface area contributed by atoms with E-state index in [1.165, 1.54) is 12.4 Å². The van der Waals surface area contributed by atoms with E-state index >= 15 is 0 Å². The van der Waals surface area contributed by atoms with Crippen LogP contribution in [-0.4, -0.2) is 41.8 Å². The molecule has 1 atom stereocenters. The predicted molar refractivity (Wildman–Crippen MR) is 87.1 cm³/mol. The number of nitrogens with zero attached hydrogens (tertiary/aromatic N) is 2. The van der Waals surface area contributed by atoms with Crippen molar-refractivity contribution in [3.8, 4) is 0 Å². The first kappa shape index (κ1) is 15.4. The van der Waals surface area contributed by atoms with Crippen LogP contribution in [0.4, 0.5) is 11.5 Å². The molecule has 0 spiro atoms. The smallest absolute Gasteiger partial charge is 0.275 e. The van der Waals surface area contributed by atoms with Gasteiger partial charge in [-0.25, -0.2) is 18.4 Å². The molecule has 0 bridgehead atoms. The summed E-state index contributed by atoms with van der Waals surface area (Å²) >= 11 is 0. The molecular weight excluding hydrogens is 316 g/mol. The molecule has 1 aliphatic rings. The molecule has 7 nitrogen and oxygen atoms in total. The van der Waals surface area contributed by atoms with Crippen LogP contribution in [0.25, 0.3) is 0 Å². The summed E-state index contributed by atoms with van der Waals surface area (Å²) in [6.45, 7) is 0. The van der Waals surface area contributed by atoms with Crippen molar-refractivity contribution in [3.63, 3.8) is 0 Å². The Bertz CT molecular complexity index is 791. The first-order chi connectivity index (χ1) is 11.0. The van der Waals surface area contributed by atoms with Crippen molar-refractivity contribution in [3.05, 3.63) is 48.4 Å². The minimum absolute atomic E-state index is 0.102. The van der Waals surface area contributed by atoms with Crippen LogP contribution < -0.4 is 10.6 Å². The number of aromatic nitrogens is 2. The SMILES string of the molecule is O=C(Nc1ccccc1)c1cnc(NC2CCS(=O)(=O)C2)cn1. The van der Waals surface area contributed by atoms with E-state index in [-0.39, 0.29) is 29.1 Å². The van der Waals surface area contributed by atoms with E-state index in [9.17, 15) is 13.2 Å². The Hall–Kier alpha value is -2.48. The Balaban J connectivity index is 1.62. The molecule has 0 aliphatic carbocycles. The van der Waals surface area contributed by atoms with Gasteiger partial charge in [0.25, 0.3) is 5.91 Å². The van der Waals surface area contributed by atoms with Crippen LogP contribution in [0, 0.1) is 0 Å². The predicted octanol–water partition coefficient (Wildman–Crippen LogP) is 1.33. The molecule has 1 saturated heterocycles. The Morgan fingerprint density at radius 3 is 2.52 bits per heavy atom. The standard InChI is InChI=1S/C15H16N4O3S/c20-15(19-11-4-2-1-3-5-11)13-8-17-14(9-16-13)18-12-6-7-23(21,22)10-12/h1-5,8-9,12H,6-7,10H2,(H,17,18)(H,19,20). The summed E-state index contributed by atoms with van der Waals surface area (Å²) in [5.41, 5.74) is 0.871. The highest BCUT2D eigenvalue weighted by Crippen LogP contribution is 2.16. The van der Waals surface area contributed by atoms with Crippen LogP contribution in [0.3, 0.4) is 0 Å². The lowest BCUT2D eigenvalue weighted by molar-refractivity contribution is 0.102. The highest BCUT2D eigenvalue weighted by molar-refractivity contribution is 7.91. The lowest BCUT2D eigenvalue weighted by atomic mass is 10.2. The van der Waals surface area contributed by atoms with Crippen LogP contribution in [0.5, 0.6) is 0 Å². The van der Waals surface area contributed by atoms with Crippen molar-refractivity contribution in [2.75, 3.05) is 22.1 Å². The molecular formula is C15H16N4O3S. The number of amides is 1. The third kappa shape index (κ3) is 4.04. The lowest BCUT2D eigenvalue weighted by Gasteiger charge is -2.11. The molecule has 1 fully saturated rings. The first-order valence-electron chi connectivity index (χ1n) is 7.17. The van der Waals surface area contributed by atoms with E-state index in [2.05, 4.69) is 20.6 Å². The summed E-state index contributed by atoms with van der Waals surface area (Å²) in [6.07, 6.45) is 3.36. The molecule has 1 amide bonds. The van der Waals surface area contributed by atoms with Crippen LogP contribution >= 0.6 is 0 Å². The maximum Gasteiger partial charge on any atom is 0.275 e. The van der Waals surface area contributed by atoms with Gasteiger partial charge in [-0.2, -0.15) is 0 Å². The lowest BCUT2D eigenvalue weighted by Crippen LogP contribution is -2.22. The number of para-hydroxylation sites is 1. The van der Waals surface area contributed by atoms with Gasteiger partial charge in [-0.05, 0) is 18.6 Å². The Labute approximate surface area is 134 Å². The Morgan fingerprint density at radius 1 is 1.13 bits per heavy atom. The van der Waals surface area contributed by atoms with E-state index in [0.29, 0.717) is 17.9 Å². The zero-order chi connectivity index (χ0) is 16.3. The van der Waals surface area contributed by atoms with Gasteiger partial charge in [-0.1, -0.05) is 18.2 Å². The van der Waals surface area contributed by atoms with Crippen LogP contribution in [0.2, 0.25) is 0 Å². The van der Waals surface area contributed by atoms with Crippen molar-refractivity contribution in [2.45, 2.75) is 12.5 Å². The zero-order valence-corrected chi connectivity index (χ0v) is 13.1. The maximum atomic E-state index is 12.0. The second-order valence-electron chi connectivity index (χ2n) is 5.35. The number of anilines is 2. The van der Waals surface area contributed by atoms with Gasteiger partial charge in [0.05, 0.1) is 23.9 Å².